The number of likely N-dealkylation sites (tertiary alicyclic amines) is 1. The number of carbonyl (C=O) groups is 2. The number of nitrogens with zero attached hydrogens (tertiary/aromatic N) is 1. The molecule has 0 aromatic heterocycles. The van der Waals surface area contributed by atoms with E-state index in [2.05, 4.69) is 4.74 Å². The molecule has 0 spiro atoms. The van der Waals surface area contributed by atoms with Crippen LogP contribution in [0.3, 0.4) is 0 Å². The number of alkyl halides is 3. The van der Waals surface area contributed by atoms with E-state index in [1.807, 2.05) is 0 Å². The van der Waals surface area contributed by atoms with Crippen molar-refractivity contribution in [3.8, 4) is 5.75 Å². The normalized spacial score (nSPS) is 24.0. The molecular weight excluding hydrogens is 327 g/mol. The lowest BCUT2D eigenvalue weighted by molar-refractivity contribution is -0.274. The molecule has 130 valence electrons. The van der Waals surface area contributed by atoms with Gasteiger partial charge in [0.15, 0.2) is 0 Å². The van der Waals surface area contributed by atoms with Crippen molar-refractivity contribution in [3.05, 3.63) is 29.8 Å². The standard InChI is InChI=1S/C16H16F3NO4/c17-16(18,19)24-13-4-2-1-3-10(13)14(21)20-7-11(9-5-6-9)12(8-20)15(22)23/h1-4,9,11-12H,5-8H2,(H,22,23)/t11-,12+/m1/s1. The third kappa shape index (κ3) is 3.47. The monoisotopic (exact) mass is 343 g/mol. The van der Waals surface area contributed by atoms with Gasteiger partial charge in [-0.3, -0.25) is 9.59 Å². The molecule has 2 aliphatic rings. The molecule has 0 radical (unpaired) electrons. The molecule has 2 atom stereocenters. The minimum absolute atomic E-state index is 0.00961. The quantitative estimate of drug-likeness (QED) is 0.913. The number of para-hydroxylation sites is 1. The molecule has 0 bridgehead atoms. The summed E-state index contributed by atoms with van der Waals surface area (Å²) in [5.74, 6) is -2.70. The van der Waals surface area contributed by atoms with E-state index >= 15 is 0 Å². The first-order valence-electron chi connectivity index (χ1n) is 7.63. The van der Waals surface area contributed by atoms with Crippen LogP contribution in [0.4, 0.5) is 13.2 Å². The van der Waals surface area contributed by atoms with Gasteiger partial charge in [-0.25, -0.2) is 0 Å². The van der Waals surface area contributed by atoms with Crippen molar-refractivity contribution >= 4 is 11.9 Å². The predicted molar refractivity (Wildman–Crippen MR) is 76.4 cm³/mol. The van der Waals surface area contributed by atoms with Crippen molar-refractivity contribution in [2.75, 3.05) is 13.1 Å². The summed E-state index contributed by atoms with van der Waals surface area (Å²) in [5.41, 5.74) is -0.213. The fourth-order valence-electron chi connectivity index (χ4n) is 3.29. The highest BCUT2D eigenvalue weighted by Gasteiger charge is 2.47. The molecule has 1 aliphatic heterocycles. The van der Waals surface area contributed by atoms with Crippen molar-refractivity contribution in [1.29, 1.82) is 0 Å². The molecule has 1 aromatic carbocycles. The largest absolute Gasteiger partial charge is 0.573 e. The second-order valence-corrected chi connectivity index (χ2v) is 6.20. The lowest BCUT2D eigenvalue weighted by Crippen LogP contribution is -2.31. The van der Waals surface area contributed by atoms with Crippen molar-refractivity contribution < 1.29 is 32.6 Å². The van der Waals surface area contributed by atoms with Gasteiger partial charge < -0.3 is 14.7 Å². The third-order valence-electron chi connectivity index (χ3n) is 4.54. The lowest BCUT2D eigenvalue weighted by Gasteiger charge is -2.19. The Balaban J connectivity index is 1.81. The Hall–Kier alpha value is -2.25. The number of rotatable bonds is 4. The molecule has 0 unspecified atom stereocenters. The summed E-state index contributed by atoms with van der Waals surface area (Å²) in [5, 5.41) is 9.33. The van der Waals surface area contributed by atoms with E-state index in [1.54, 1.807) is 0 Å². The molecule has 1 amide bonds. The van der Waals surface area contributed by atoms with Crippen LogP contribution in [-0.2, 0) is 4.79 Å². The molecular formula is C16H16F3NO4. The molecule has 5 nitrogen and oxygen atoms in total. The number of ether oxygens (including phenoxy) is 1. The number of carboxylic acid groups (broad SMARTS) is 1. The second-order valence-electron chi connectivity index (χ2n) is 6.20. The Morgan fingerprint density at radius 2 is 1.83 bits per heavy atom. The van der Waals surface area contributed by atoms with Crippen molar-refractivity contribution in [3.63, 3.8) is 0 Å². The van der Waals surface area contributed by atoms with Crippen LogP contribution in [0, 0.1) is 17.8 Å². The molecule has 2 fully saturated rings. The number of benzene rings is 1. The van der Waals surface area contributed by atoms with Gasteiger partial charge in [-0.1, -0.05) is 12.1 Å². The summed E-state index contributed by atoms with van der Waals surface area (Å²) in [6, 6.07) is 5.11. The SMILES string of the molecule is O=C(O)[C@H]1CN(C(=O)c2ccccc2OC(F)(F)F)C[C@@H]1C1CC1. The first-order chi connectivity index (χ1) is 11.3. The second kappa shape index (κ2) is 5.99. The maximum absolute atomic E-state index is 12.6. The summed E-state index contributed by atoms with van der Waals surface area (Å²) in [4.78, 5) is 25.3. The fraction of sp³-hybridized carbons (Fsp3) is 0.500. The van der Waals surface area contributed by atoms with Gasteiger partial charge in [-0.2, -0.15) is 0 Å². The highest BCUT2D eigenvalue weighted by atomic mass is 19.4. The Morgan fingerprint density at radius 1 is 1.17 bits per heavy atom. The van der Waals surface area contributed by atoms with Gasteiger partial charge >= 0.3 is 12.3 Å². The zero-order valence-electron chi connectivity index (χ0n) is 12.6. The highest BCUT2D eigenvalue weighted by Crippen LogP contribution is 2.44. The topological polar surface area (TPSA) is 66.8 Å². The molecule has 1 saturated heterocycles. The Bertz CT molecular complexity index is 657. The van der Waals surface area contributed by atoms with Crippen molar-refractivity contribution in [2.24, 2.45) is 17.8 Å². The maximum atomic E-state index is 12.6. The van der Waals surface area contributed by atoms with E-state index < -0.39 is 29.9 Å². The Kier molecular flexibility index (Phi) is 4.15. The zero-order valence-corrected chi connectivity index (χ0v) is 12.6. The van der Waals surface area contributed by atoms with Crippen LogP contribution < -0.4 is 4.74 Å². The van der Waals surface area contributed by atoms with Crippen LogP contribution in [-0.4, -0.2) is 41.3 Å². The number of hydrogen-bond donors (Lipinski definition) is 1. The Labute approximate surface area is 136 Å². The van der Waals surface area contributed by atoms with E-state index in [0.29, 0.717) is 0 Å². The van der Waals surface area contributed by atoms with Crippen molar-refractivity contribution in [2.45, 2.75) is 19.2 Å². The number of halogens is 3. The maximum Gasteiger partial charge on any atom is 0.573 e. The van der Waals surface area contributed by atoms with Gasteiger partial charge in [-0.15, -0.1) is 13.2 Å². The molecule has 1 N–H and O–H groups in total. The average molecular weight is 343 g/mol. The van der Waals surface area contributed by atoms with E-state index in [0.717, 1.165) is 18.9 Å². The number of aliphatic carboxylic acids is 1. The summed E-state index contributed by atoms with van der Waals surface area (Å²) in [7, 11) is 0. The van der Waals surface area contributed by atoms with E-state index in [4.69, 9.17) is 0 Å². The van der Waals surface area contributed by atoms with Gasteiger partial charge in [0.05, 0.1) is 11.5 Å². The van der Waals surface area contributed by atoms with Crippen LogP contribution in [0.2, 0.25) is 0 Å². The minimum atomic E-state index is -4.90. The molecule has 1 heterocycles. The molecule has 24 heavy (non-hydrogen) atoms. The van der Waals surface area contributed by atoms with Crippen molar-refractivity contribution in [1.82, 2.24) is 4.90 Å². The van der Waals surface area contributed by atoms with E-state index in [1.165, 1.54) is 23.1 Å². The highest BCUT2D eigenvalue weighted by molar-refractivity contribution is 5.97. The van der Waals surface area contributed by atoms with Crippen LogP contribution >= 0.6 is 0 Å². The van der Waals surface area contributed by atoms with Crippen LogP contribution in [0.15, 0.2) is 24.3 Å². The molecule has 1 aliphatic carbocycles. The number of carbonyl (C=O) groups excluding carboxylic acids is 1. The number of amides is 1. The third-order valence-corrected chi connectivity index (χ3v) is 4.54. The van der Waals surface area contributed by atoms with Gasteiger partial charge in [0.1, 0.15) is 5.75 Å². The number of carboxylic acids is 1. The van der Waals surface area contributed by atoms with E-state index in [-0.39, 0.29) is 30.5 Å². The summed E-state index contributed by atoms with van der Waals surface area (Å²) >= 11 is 0. The van der Waals surface area contributed by atoms with E-state index in [9.17, 15) is 27.9 Å². The Morgan fingerprint density at radius 3 is 2.42 bits per heavy atom. The summed E-state index contributed by atoms with van der Waals surface area (Å²) in [6.07, 6.45) is -3.03. The smallest absolute Gasteiger partial charge is 0.481 e. The summed E-state index contributed by atoms with van der Waals surface area (Å²) in [6.45, 7) is 0.260. The average Bonchev–Trinajstić information content (AvgIpc) is 3.23. The minimum Gasteiger partial charge on any atom is -0.481 e. The lowest BCUT2D eigenvalue weighted by atomic mass is 9.92. The molecule has 1 saturated carbocycles. The molecule has 3 rings (SSSR count). The fourth-order valence-corrected chi connectivity index (χ4v) is 3.29. The zero-order chi connectivity index (χ0) is 17.5. The predicted octanol–water partition coefficient (Wildman–Crippen LogP) is 2.77. The van der Waals surface area contributed by atoms with Gasteiger partial charge in [0.2, 0.25) is 0 Å². The molecule has 1 aromatic rings. The van der Waals surface area contributed by atoms with Gasteiger partial charge in [-0.05, 0) is 36.8 Å². The van der Waals surface area contributed by atoms with Crippen LogP contribution in [0.1, 0.15) is 23.2 Å². The first-order valence-corrected chi connectivity index (χ1v) is 7.63. The van der Waals surface area contributed by atoms with Crippen LogP contribution in [0.5, 0.6) is 5.75 Å². The summed E-state index contributed by atoms with van der Waals surface area (Å²) < 4.78 is 41.4. The van der Waals surface area contributed by atoms with Gasteiger partial charge in [0.25, 0.3) is 5.91 Å². The number of hydrogen-bond acceptors (Lipinski definition) is 3. The molecule has 8 heteroatoms. The first kappa shape index (κ1) is 16.6. The van der Waals surface area contributed by atoms with Crippen LogP contribution in [0.25, 0.3) is 0 Å². The van der Waals surface area contributed by atoms with Gasteiger partial charge in [0, 0.05) is 13.1 Å².